The van der Waals surface area contributed by atoms with E-state index in [1.54, 1.807) is 0 Å². The summed E-state index contributed by atoms with van der Waals surface area (Å²) in [5.74, 6) is 0.386. The molecule has 0 spiro atoms. The molecule has 84 valence electrons. The normalized spacial score (nSPS) is 9.80. The summed E-state index contributed by atoms with van der Waals surface area (Å²) in [6, 6.07) is 0.306. The fraction of sp³-hybridized carbons (Fsp3) is 0.625. The molecule has 0 amide bonds. The Kier molecular flexibility index (Phi) is 4.55. The summed E-state index contributed by atoms with van der Waals surface area (Å²) in [4.78, 5) is 11.8. The number of nitrogens with one attached hydrogen (secondary N) is 1. The molecule has 7 heteroatoms. The van der Waals surface area contributed by atoms with Crippen molar-refractivity contribution in [3.8, 4) is 12.0 Å². The standard InChI is InChI=1S/C8H14N4O3/c1-3-9-6-10-7(14-2)12-8(11-6)15-5-4-13/h13H,3-5H2,1-2H3,(H,9,10,11,12). The van der Waals surface area contributed by atoms with Gasteiger partial charge in [-0.2, -0.15) is 9.97 Å². The van der Waals surface area contributed by atoms with Crippen LogP contribution in [-0.4, -0.2) is 46.9 Å². The third-order valence-corrected chi connectivity index (χ3v) is 1.43. The Balaban J connectivity index is 2.79. The van der Waals surface area contributed by atoms with Gasteiger partial charge < -0.3 is 19.9 Å². The summed E-state index contributed by atoms with van der Waals surface area (Å²) in [5.41, 5.74) is 0. The zero-order valence-electron chi connectivity index (χ0n) is 8.73. The van der Waals surface area contributed by atoms with Crippen molar-refractivity contribution in [2.24, 2.45) is 0 Å². The van der Waals surface area contributed by atoms with E-state index in [2.05, 4.69) is 20.3 Å². The number of hydrogen-bond acceptors (Lipinski definition) is 7. The molecule has 0 saturated carbocycles. The number of nitrogens with zero attached hydrogens (tertiary/aromatic N) is 3. The number of aliphatic hydroxyl groups is 1. The molecule has 0 bridgehead atoms. The van der Waals surface area contributed by atoms with Gasteiger partial charge in [0, 0.05) is 6.54 Å². The highest BCUT2D eigenvalue weighted by atomic mass is 16.5. The van der Waals surface area contributed by atoms with Crippen LogP contribution in [0.2, 0.25) is 0 Å². The van der Waals surface area contributed by atoms with Crippen molar-refractivity contribution in [3.63, 3.8) is 0 Å². The molecule has 1 rings (SSSR count). The minimum Gasteiger partial charge on any atom is -0.467 e. The summed E-state index contributed by atoms with van der Waals surface area (Å²) in [7, 11) is 1.46. The zero-order chi connectivity index (χ0) is 11.1. The lowest BCUT2D eigenvalue weighted by Gasteiger charge is -2.06. The first-order chi connectivity index (χ1) is 7.30. The smallest absolute Gasteiger partial charge is 0.324 e. The first kappa shape index (κ1) is 11.4. The number of aromatic nitrogens is 3. The van der Waals surface area contributed by atoms with Gasteiger partial charge >= 0.3 is 12.0 Å². The second kappa shape index (κ2) is 5.97. The first-order valence-electron chi connectivity index (χ1n) is 4.57. The molecule has 0 aliphatic carbocycles. The highest BCUT2D eigenvalue weighted by Crippen LogP contribution is 2.11. The summed E-state index contributed by atoms with van der Waals surface area (Å²) in [6.07, 6.45) is 0. The summed E-state index contributed by atoms with van der Waals surface area (Å²) in [5, 5.41) is 11.5. The lowest BCUT2D eigenvalue weighted by atomic mass is 10.7. The second-order valence-electron chi connectivity index (χ2n) is 2.53. The molecule has 7 nitrogen and oxygen atoms in total. The van der Waals surface area contributed by atoms with Gasteiger partial charge in [-0.15, -0.1) is 4.98 Å². The lowest BCUT2D eigenvalue weighted by Crippen LogP contribution is -2.09. The van der Waals surface area contributed by atoms with E-state index in [0.717, 1.165) is 0 Å². The maximum absolute atomic E-state index is 8.58. The van der Waals surface area contributed by atoms with E-state index >= 15 is 0 Å². The van der Waals surface area contributed by atoms with Crippen molar-refractivity contribution in [3.05, 3.63) is 0 Å². The van der Waals surface area contributed by atoms with Crippen LogP contribution in [0.3, 0.4) is 0 Å². The molecule has 0 unspecified atom stereocenters. The van der Waals surface area contributed by atoms with Gasteiger partial charge in [0.05, 0.1) is 13.7 Å². The van der Waals surface area contributed by atoms with E-state index in [9.17, 15) is 0 Å². The van der Waals surface area contributed by atoms with Gasteiger partial charge in [-0.05, 0) is 6.92 Å². The fourth-order valence-electron chi connectivity index (χ4n) is 0.868. The van der Waals surface area contributed by atoms with Crippen molar-refractivity contribution >= 4 is 5.95 Å². The Morgan fingerprint density at radius 2 is 2.00 bits per heavy atom. The Morgan fingerprint density at radius 3 is 2.60 bits per heavy atom. The third kappa shape index (κ3) is 3.55. The molecule has 0 aliphatic heterocycles. The van der Waals surface area contributed by atoms with Gasteiger partial charge in [-0.1, -0.05) is 0 Å². The maximum Gasteiger partial charge on any atom is 0.324 e. The quantitative estimate of drug-likeness (QED) is 0.670. The fourth-order valence-corrected chi connectivity index (χ4v) is 0.868. The van der Waals surface area contributed by atoms with Crippen LogP contribution >= 0.6 is 0 Å². The Bertz CT molecular complexity index is 308. The van der Waals surface area contributed by atoms with Crippen LogP contribution in [0.15, 0.2) is 0 Å². The van der Waals surface area contributed by atoms with E-state index in [-0.39, 0.29) is 25.2 Å². The van der Waals surface area contributed by atoms with Crippen LogP contribution in [0.5, 0.6) is 12.0 Å². The molecular formula is C8H14N4O3. The summed E-state index contributed by atoms with van der Waals surface area (Å²) >= 11 is 0. The topological polar surface area (TPSA) is 89.4 Å². The predicted molar refractivity (Wildman–Crippen MR) is 53.1 cm³/mol. The third-order valence-electron chi connectivity index (χ3n) is 1.43. The van der Waals surface area contributed by atoms with Crippen molar-refractivity contribution in [1.29, 1.82) is 0 Å². The number of anilines is 1. The van der Waals surface area contributed by atoms with Crippen molar-refractivity contribution in [1.82, 2.24) is 15.0 Å². The van der Waals surface area contributed by atoms with Gasteiger partial charge in [-0.25, -0.2) is 0 Å². The first-order valence-corrected chi connectivity index (χ1v) is 4.57. The van der Waals surface area contributed by atoms with E-state index in [1.807, 2.05) is 6.92 Å². The van der Waals surface area contributed by atoms with Crippen molar-refractivity contribution < 1.29 is 14.6 Å². The minimum atomic E-state index is -0.0927. The molecule has 0 aromatic carbocycles. The largest absolute Gasteiger partial charge is 0.467 e. The van der Waals surface area contributed by atoms with Crippen LogP contribution in [0, 0.1) is 0 Å². The van der Waals surface area contributed by atoms with E-state index < -0.39 is 0 Å². The minimum absolute atomic E-state index is 0.0927. The van der Waals surface area contributed by atoms with E-state index in [4.69, 9.17) is 14.6 Å². The highest BCUT2D eigenvalue weighted by molar-refractivity contribution is 5.26. The monoisotopic (exact) mass is 214 g/mol. The second-order valence-corrected chi connectivity index (χ2v) is 2.53. The van der Waals surface area contributed by atoms with E-state index in [1.165, 1.54) is 7.11 Å². The number of methoxy groups -OCH3 is 1. The average molecular weight is 214 g/mol. The highest BCUT2D eigenvalue weighted by Gasteiger charge is 2.06. The molecule has 0 radical (unpaired) electrons. The van der Waals surface area contributed by atoms with Crippen molar-refractivity contribution in [2.45, 2.75) is 6.92 Å². The van der Waals surface area contributed by atoms with Gasteiger partial charge in [0.2, 0.25) is 5.95 Å². The van der Waals surface area contributed by atoms with Gasteiger partial charge in [0.25, 0.3) is 0 Å². The molecule has 0 saturated heterocycles. The van der Waals surface area contributed by atoms with Crippen molar-refractivity contribution in [2.75, 3.05) is 32.2 Å². The van der Waals surface area contributed by atoms with Gasteiger partial charge in [0.1, 0.15) is 6.61 Å². The molecular weight excluding hydrogens is 200 g/mol. The number of ether oxygens (including phenoxy) is 2. The Morgan fingerprint density at radius 1 is 1.27 bits per heavy atom. The number of hydrogen-bond donors (Lipinski definition) is 2. The van der Waals surface area contributed by atoms with Crippen LogP contribution in [0.4, 0.5) is 5.95 Å². The van der Waals surface area contributed by atoms with E-state index in [0.29, 0.717) is 12.5 Å². The Labute approximate surface area is 87.5 Å². The maximum atomic E-state index is 8.58. The van der Waals surface area contributed by atoms with Gasteiger partial charge in [0.15, 0.2) is 0 Å². The molecule has 0 aliphatic rings. The SMILES string of the molecule is CCNc1nc(OC)nc(OCCO)n1. The molecule has 1 heterocycles. The number of aliphatic hydroxyl groups excluding tert-OH is 1. The van der Waals surface area contributed by atoms with Gasteiger partial charge in [-0.3, -0.25) is 0 Å². The zero-order valence-corrected chi connectivity index (χ0v) is 8.73. The molecule has 0 atom stereocenters. The molecule has 1 aromatic heterocycles. The van der Waals surface area contributed by atoms with Crippen LogP contribution in [-0.2, 0) is 0 Å². The molecule has 0 fully saturated rings. The molecule has 2 N–H and O–H groups in total. The summed E-state index contributed by atoms with van der Waals surface area (Å²) < 4.78 is 9.93. The lowest BCUT2D eigenvalue weighted by molar-refractivity contribution is 0.189. The van der Waals surface area contributed by atoms with Crippen LogP contribution in [0.1, 0.15) is 6.92 Å². The van der Waals surface area contributed by atoms with Crippen LogP contribution < -0.4 is 14.8 Å². The number of rotatable bonds is 6. The van der Waals surface area contributed by atoms with Crippen LogP contribution in [0.25, 0.3) is 0 Å². The summed E-state index contributed by atoms with van der Waals surface area (Å²) in [6.45, 7) is 2.65. The molecule has 1 aromatic rings. The predicted octanol–water partition coefficient (Wildman–Crippen LogP) is -0.317. The molecule has 15 heavy (non-hydrogen) atoms. The average Bonchev–Trinajstić information content (AvgIpc) is 2.26. The Hall–Kier alpha value is -1.63.